The molecular weight excluding hydrogens is 274 g/mol. The van der Waals surface area contributed by atoms with Crippen LogP contribution in [0.25, 0.3) is 10.9 Å². The van der Waals surface area contributed by atoms with Crippen LogP contribution in [0.15, 0.2) is 24.4 Å². The summed E-state index contributed by atoms with van der Waals surface area (Å²) >= 11 is 0. The summed E-state index contributed by atoms with van der Waals surface area (Å²) in [6.07, 6.45) is 4.47. The number of carbonyl (C=O) groups is 1. The predicted octanol–water partition coefficient (Wildman–Crippen LogP) is 2.05. The van der Waals surface area contributed by atoms with Crippen molar-refractivity contribution in [2.45, 2.75) is 31.7 Å². The molecule has 2 aromatic rings. The number of aromatic amines is 1. The number of aryl methyl sites for hydroxylation is 1. The van der Waals surface area contributed by atoms with E-state index in [4.69, 9.17) is 5.73 Å². The SMILES string of the molecule is Cc1cccc2[nH]cc(CCNC(=O)C3(N)CC3)c12.Cl. The Kier molecular flexibility index (Phi) is 4.06. The Morgan fingerprint density at radius 3 is 2.90 bits per heavy atom. The van der Waals surface area contributed by atoms with Gasteiger partial charge in [-0.3, -0.25) is 4.79 Å². The Labute approximate surface area is 124 Å². The summed E-state index contributed by atoms with van der Waals surface area (Å²) in [6.45, 7) is 2.75. The number of hydrogen-bond donors (Lipinski definition) is 3. The van der Waals surface area contributed by atoms with E-state index in [1.54, 1.807) is 0 Å². The monoisotopic (exact) mass is 293 g/mol. The molecule has 0 radical (unpaired) electrons. The van der Waals surface area contributed by atoms with Gasteiger partial charge in [0.1, 0.15) is 0 Å². The highest BCUT2D eigenvalue weighted by atomic mass is 35.5. The summed E-state index contributed by atoms with van der Waals surface area (Å²) < 4.78 is 0. The molecule has 0 bridgehead atoms. The number of halogens is 1. The van der Waals surface area contributed by atoms with Crippen LogP contribution in [0.2, 0.25) is 0 Å². The van der Waals surface area contributed by atoms with Crippen molar-refractivity contribution >= 4 is 29.2 Å². The van der Waals surface area contributed by atoms with Gasteiger partial charge in [0.25, 0.3) is 0 Å². The fourth-order valence-electron chi connectivity index (χ4n) is 2.50. The number of nitrogens with two attached hydrogens (primary N) is 1. The molecule has 1 heterocycles. The summed E-state index contributed by atoms with van der Waals surface area (Å²) in [7, 11) is 0. The smallest absolute Gasteiger partial charge is 0.240 e. The molecule has 1 aromatic carbocycles. The topological polar surface area (TPSA) is 70.9 Å². The number of carbonyl (C=O) groups excluding carboxylic acids is 1. The Morgan fingerprint density at radius 2 is 2.20 bits per heavy atom. The minimum atomic E-state index is -0.573. The van der Waals surface area contributed by atoms with Crippen LogP contribution in [0.5, 0.6) is 0 Å². The van der Waals surface area contributed by atoms with E-state index in [2.05, 4.69) is 29.4 Å². The minimum absolute atomic E-state index is 0. The fourth-order valence-corrected chi connectivity index (χ4v) is 2.50. The second kappa shape index (κ2) is 5.46. The van der Waals surface area contributed by atoms with Gasteiger partial charge in [-0.15, -0.1) is 12.4 Å². The molecule has 0 unspecified atom stereocenters. The summed E-state index contributed by atoms with van der Waals surface area (Å²) in [5.74, 6) is -0.0101. The zero-order valence-electron chi connectivity index (χ0n) is 11.5. The number of aromatic nitrogens is 1. The summed E-state index contributed by atoms with van der Waals surface area (Å²) in [5, 5.41) is 4.20. The van der Waals surface area contributed by atoms with Gasteiger partial charge in [-0.05, 0) is 43.4 Å². The van der Waals surface area contributed by atoms with E-state index < -0.39 is 5.54 Å². The molecule has 1 amide bonds. The van der Waals surface area contributed by atoms with Crippen molar-refractivity contribution in [2.75, 3.05) is 6.54 Å². The van der Waals surface area contributed by atoms with E-state index in [-0.39, 0.29) is 18.3 Å². The van der Waals surface area contributed by atoms with E-state index in [0.29, 0.717) is 6.54 Å². The van der Waals surface area contributed by atoms with Crippen molar-refractivity contribution in [2.24, 2.45) is 5.73 Å². The number of fused-ring (bicyclic) bond motifs is 1. The standard InChI is InChI=1S/C15H19N3O.ClH/c1-10-3-2-4-12-13(10)11(9-18-12)5-8-17-14(19)15(16)6-7-15;/h2-4,9,18H,5-8,16H2,1H3,(H,17,19);1H. The van der Waals surface area contributed by atoms with Crippen molar-refractivity contribution in [3.63, 3.8) is 0 Å². The number of amides is 1. The molecule has 0 aliphatic heterocycles. The first-order valence-corrected chi connectivity index (χ1v) is 6.73. The summed E-state index contributed by atoms with van der Waals surface area (Å²) in [5.41, 5.74) is 8.93. The molecule has 5 heteroatoms. The quantitative estimate of drug-likeness (QED) is 0.807. The number of benzene rings is 1. The van der Waals surface area contributed by atoms with E-state index in [0.717, 1.165) is 24.8 Å². The molecule has 1 saturated carbocycles. The molecule has 20 heavy (non-hydrogen) atoms. The maximum absolute atomic E-state index is 11.7. The first-order valence-electron chi connectivity index (χ1n) is 6.73. The van der Waals surface area contributed by atoms with E-state index in [1.807, 2.05) is 12.3 Å². The second-order valence-electron chi connectivity index (χ2n) is 5.47. The van der Waals surface area contributed by atoms with Gasteiger partial charge in [0.2, 0.25) is 5.91 Å². The molecular formula is C15H20ClN3O. The Balaban J connectivity index is 0.00000147. The molecule has 1 aliphatic carbocycles. The normalized spacial score (nSPS) is 15.7. The molecule has 0 spiro atoms. The average Bonchev–Trinajstić information content (AvgIpc) is 3.00. The average molecular weight is 294 g/mol. The van der Waals surface area contributed by atoms with Crippen molar-refractivity contribution < 1.29 is 4.79 Å². The van der Waals surface area contributed by atoms with Gasteiger partial charge >= 0.3 is 0 Å². The lowest BCUT2D eigenvalue weighted by molar-refractivity contribution is -0.123. The van der Waals surface area contributed by atoms with Crippen LogP contribution in [-0.4, -0.2) is 23.0 Å². The maximum atomic E-state index is 11.7. The number of rotatable bonds is 4. The van der Waals surface area contributed by atoms with Gasteiger partial charge < -0.3 is 16.0 Å². The lowest BCUT2D eigenvalue weighted by Gasteiger charge is -2.09. The molecule has 1 aliphatic rings. The van der Waals surface area contributed by atoms with Crippen LogP contribution in [0.4, 0.5) is 0 Å². The third kappa shape index (κ3) is 2.67. The zero-order chi connectivity index (χ0) is 13.5. The molecule has 4 N–H and O–H groups in total. The first kappa shape index (κ1) is 14.9. The van der Waals surface area contributed by atoms with Crippen LogP contribution in [0.1, 0.15) is 24.0 Å². The zero-order valence-corrected chi connectivity index (χ0v) is 12.3. The molecule has 3 rings (SSSR count). The van der Waals surface area contributed by atoms with Crippen LogP contribution >= 0.6 is 12.4 Å². The third-order valence-corrected chi connectivity index (χ3v) is 3.92. The highest BCUT2D eigenvalue weighted by molar-refractivity contribution is 5.89. The number of H-pyrrole nitrogens is 1. The first-order chi connectivity index (χ1) is 9.10. The Bertz CT molecular complexity index is 631. The van der Waals surface area contributed by atoms with Gasteiger partial charge in [-0.1, -0.05) is 12.1 Å². The second-order valence-corrected chi connectivity index (χ2v) is 5.47. The largest absolute Gasteiger partial charge is 0.361 e. The van der Waals surface area contributed by atoms with Gasteiger partial charge in [-0.25, -0.2) is 0 Å². The van der Waals surface area contributed by atoms with Crippen LogP contribution < -0.4 is 11.1 Å². The Hall–Kier alpha value is -1.52. The fraction of sp³-hybridized carbons (Fsp3) is 0.400. The molecule has 0 saturated heterocycles. The van der Waals surface area contributed by atoms with Gasteiger partial charge in [-0.2, -0.15) is 0 Å². The number of hydrogen-bond acceptors (Lipinski definition) is 2. The lowest BCUT2D eigenvalue weighted by atomic mass is 10.1. The lowest BCUT2D eigenvalue weighted by Crippen LogP contribution is -2.43. The van der Waals surface area contributed by atoms with Crippen molar-refractivity contribution in [3.8, 4) is 0 Å². The van der Waals surface area contributed by atoms with Crippen LogP contribution in [-0.2, 0) is 11.2 Å². The Morgan fingerprint density at radius 1 is 1.45 bits per heavy atom. The van der Waals surface area contributed by atoms with Gasteiger partial charge in [0, 0.05) is 23.6 Å². The van der Waals surface area contributed by atoms with Crippen LogP contribution in [0.3, 0.4) is 0 Å². The van der Waals surface area contributed by atoms with Crippen molar-refractivity contribution in [1.82, 2.24) is 10.3 Å². The van der Waals surface area contributed by atoms with E-state index in [1.165, 1.54) is 16.5 Å². The highest BCUT2D eigenvalue weighted by Crippen LogP contribution is 2.32. The van der Waals surface area contributed by atoms with E-state index >= 15 is 0 Å². The third-order valence-electron chi connectivity index (χ3n) is 3.92. The summed E-state index contributed by atoms with van der Waals surface area (Å²) in [6, 6.07) is 6.23. The summed E-state index contributed by atoms with van der Waals surface area (Å²) in [4.78, 5) is 15.0. The maximum Gasteiger partial charge on any atom is 0.240 e. The predicted molar refractivity (Wildman–Crippen MR) is 83.1 cm³/mol. The molecule has 0 atom stereocenters. The molecule has 1 aromatic heterocycles. The molecule has 4 nitrogen and oxygen atoms in total. The minimum Gasteiger partial charge on any atom is -0.361 e. The number of nitrogens with one attached hydrogen (secondary N) is 2. The van der Waals surface area contributed by atoms with Gasteiger partial charge in [0.05, 0.1) is 5.54 Å². The van der Waals surface area contributed by atoms with Gasteiger partial charge in [0.15, 0.2) is 0 Å². The highest BCUT2D eigenvalue weighted by Gasteiger charge is 2.45. The molecule has 108 valence electrons. The van der Waals surface area contributed by atoms with Crippen molar-refractivity contribution in [3.05, 3.63) is 35.5 Å². The van der Waals surface area contributed by atoms with Crippen molar-refractivity contribution in [1.29, 1.82) is 0 Å². The van der Waals surface area contributed by atoms with Crippen LogP contribution in [0, 0.1) is 6.92 Å². The molecule has 1 fully saturated rings. The van der Waals surface area contributed by atoms with E-state index in [9.17, 15) is 4.79 Å².